The van der Waals surface area contributed by atoms with Crippen LogP contribution in [0.3, 0.4) is 0 Å². The summed E-state index contributed by atoms with van der Waals surface area (Å²) in [6.45, 7) is 4.70. The molecule has 126 valence electrons. The number of rotatable bonds is 6. The third-order valence-electron chi connectivity index (χ3n) is 2.71. The second-order valence-corrected chi connectivity index (χ2v) is 8.35. The van der Waals surface area contributed by atoms with Crippen molar-refractivity contribution in [2.24, 2.45) is 10.7 Å². The maximum Gasteiger partial charge on any atom is 0.327 e. The van der Waals surface area contributed by atoms with Crippen molar-refractivity contribution in [1.29, 1.82) is 0 Å². The fourth-order valence-corrected chi connectivity index (χ4v) is 3.78. The molecule has 23 heavy (non-hydrogen) atoms. The van der Waals surface area contributed by atoms with E-state index in [-0.39, 0.29) is 5.17 Å². The van der Waals surface area contributed by atoms with E-state index >= 15 is 0 Å². The van der Waals surface area contributed by atoms with Gasteiger partial charge in [0, 0.05) is 6.92 Å². The van der Waals surface area contributed by atoms with E-state index in [1.165, 1.54) is 17.7 Å². The van der Waals surface area contributed by atoms with Gasteiger partial charge in [-0.1, -0.05) is 34.5 Å². The monoisotopic (exact) mass is 375 g/mol. The maximum atomic E-state index is 11.3. The Morgan fingerprint density at radius 1 is 1.39 bits per heavy atom. The molecular weight excluding hydrogens is 358 g/mol. The fraction of sp³-hybridized carbons (Fsp3) is 0.357. The van der Waals surface area contributed by atoms with E-state index in [1.807, 2.05) is 0 Å². The van der Waals surface area contributed by atoms with Gasteiger partial charge in [0.05, 0.1) is 15.5 Å². The Morgan fingerprint density at radius 3 is 2.52 bits per heavy atom. The summed E-state index contributed by atoms with van der Waals surface area (Å²) in [4.78, 5) is 26.7. The number of carboxylic acids is 1. The SMILES string of the molecule is CC(=O)N[C@H](C(=O)O)C(C)(C)SSC(N)=Nc1ccccc1Cl. The highest BCUT2D eigenvalue weighted by Gasteiger charge is 2.37. The average molecular weight is 376 g/mol. The minimum absolute atomic E-state index is 0.239. The van der Waals surface area contributed by atoms with Crippen LogP contribution in [0.1, 0.15) is 20.8 Å². The van der Waals surface area contributed by atoms with Crippen LogP contribution in [0.15, 0.2) is 29.3 Å². The predicted molar refractivity (Wildman–Crippen MR) is 97.2 cm³/mol. The molecule has 1 aromatic rings. The van der Waals surface area contributed by atoms with E-state index in [1.54, 1.807) is 38.1 Å². The summed E-state index contributed by atoms with van der Waals surface area (Å²) < 4.78 is -0.803. The molecule has 1 aromatic carbocycles. The standard InChI is InChI=1S/C14H18ClN3O3S2/c1-8(19)17-11(12(20)21)14(2,3)23-22-13(16)18-10-7-5-4-6-9(10)15/h4-7,11H,1-3H3,(H2,16,18)(H,17,19)(H,20,21)/t11-/m1/s1. The molecule has 0 saturated heterocycles. The Labute approximate surface area is 147 Å². The lowest BCUT2D eigenvalue weighted by Crippen LogP contribution is -2.51. The van der Waals surface area contributed by atoms with Gasteiger partial charge in [0.1, 0.15) is 6.04 Å². The van der Waals surface area contributed by atoms with Gasteiger partial charge < -0.3 is 16.2 Å². The number of nitrogens with two attached hydrogens (primary N) is 1. The zero-order valence-corrected chi connectivity index (χ0v) is 15.3. The summed E-state index contributed by atoms with van der Waals surface area (Å²) in [5.41, 5.74) is 6.39. The van der Waals surface area contributed by atoms with Gasteiger partial charge in [0.25, 0.3) is 0 Å². The molecule has 9 heteroatoms. The van der Waals surface area contributed by atoms with Crippen molar-refractivity contribution < 1.29 is 14.7 Å². The van der Waals surface area contributed by atoms with Gasteiger partial charge in [-0.05, 0) is 36.8 Å². The van der Waals surface area contributed by atoms with Gasteiger partial charge in [-0.2, -0.15) is 0 Å². The first-order valence-corrected chi connectivity index (χ1v) is 9.10. The van der Waals surface area contributed by atoms with Crippen LogP contribution in [0.4, 0.5) is 5.69 Å². The molecule has 0 aliphatic rings. The molecule has 0 bridgehead atoms. The van der Waals surface area contributed by atoms with Crippen LogP contribution in [0, 0.1) is 0 Å². The number of nitrogens with zero attached hydrogens (tertiary/aromatic N) is 1. The minimum Gasteiger partial charge on any atom is -0.480 e. The van der Waals surface area contributed by atoms with E-state index in [0.29, 0.717) is 10.7 Å². The highest BCUT2D eigenvalue weighted by Crippen LogP contribution is 2.39. The molecule has 0 aromatic heterocycles. The number of para-hydroxylation sites is 1. The van der Waals surface area contributed by atoms with Gasteiger partial charge in [-0.3, -0.25) is 4.79 Å². The number of aliphatic carboxylic acids is 1. The summed E-state index contributed by atoms with van der Waals surface area (Å²) in [5.74, 6) is -1.52. The zero-order chi connectivity index (χ0) is 17.6. The molecule has 0 saturated carbocycles. The quantitative estimate of drug-likeness (QED) is 0.401. The lowest BCUT2D eigenvalue weighted by molar-refractivity contribution is -0.142. The van der Waals surface area contributed by atoms with E-state index < -0.39 is 22.7 Å². The van der Waals surface area contributed by atoms with Crippen LogP contribution < -0.4 is 11.1 Å². The number of halogens is 1. The van der Waals surface area contributed by atoms with Crippen LogP contribution in [-0.2, 0) is 9.59 Å². The largest absolute Gasteiger partial charge is 0.480 e. The Kier molecular flexibility index (Phi) is 7.24. The van der Waals surface area contributed by atoms with Gasteiger partial charge in [0.15, 0.2) is 5.17 Å². The number of amides is 1. The number of benzene rings is 1. The Morgan fingerprint density at radius 2 is 2.00 bits per heavy atom. The molecule has 6 nitrogen and oxygen atoms in total. The predicted octanol–water partition coefficient (Wildman–Crippen LogP) is 3.04. The van der Waals surface area contributed by atoms with Gasteiger partial charge in [-0.25, -0.2) is 9.79 Å². The molecule has 0 fully saturated rings. The number of nitrogens with one attached hydrogen (secondary N) is 1. The molecule has 0 aliphatic heterocycles. The van der Waals surface area contributed by atoms with Crippen molar-refractivity contribution in [3.63, 3.8) is 0 Å². The molecule has 1 amide bonds. The molecular formula is C14H18ClN3O3S2. The van der Waals surface area contributed by atoms with E-state index in [9.17, 15) is 14.7 Å². The number of amidine groups is 1. The van der Waals surface area contributed by atoms with Crippen molar-refractivity contribution in [2.45, 2.75) is 31.6 Å². The van der Waals surface area contributed by atoms with Crippen LogP contribution in [-0.4, -0.2) is 32.9 Å². The number of hydrogen-bond acceptors (Lipinski definition) is 5. The van der Waals surface area contributed by atoms with E-state index in [4.69, 9.17) is 17.3 Å². The first-order valence-electron chi connectivity index (χ1n) is 6.58. The summed E-state index contributed by atoms with van der Waals surface area (Å²) >= 11 is 6.00. The summed E-state index contributed by atoms with van der Waals surface area (Å²) in [6.07, 6.45) is 0. The normalized spacial score (nSPS) is 13.5. The molecule has 0 unspecified atom stereocenters. The summed E-state index contributed by atoms with van der Waals surface area (Å²) in [5, 5.41) is 12.4. The third-order valence-corrected chi connectivity index (χ3v) is 6.10. The Hall–Kier alpha value is -1.38. The Balaban J connectivity index is 2.79. The van der Waals surface area contributed by atoms with Crippen LogP contribution in [0.25, 0.3) is 0 Å². The minimum atomic E-state index is -1.11. The van der Waals surface area contributed by atoms with Crippen molar-refractivity contribution in [1.82, 2.24) is 5.32 Å². The van der Waals surface area contributed by atoms with Crippen LogP contribution in [0.5, 0.6) is 0 Å². The molecule has 0 radical (unpaired) electrons. The first kappa shape index (κ1) is 19.7. The third kappa shape index (κ3) is 6.32. The molecule has 0 heterocycles. The second-order valence-electron chi connectivity index (χ2n) is 5.14. The topological polar surface area (TPSA) is 105 Å². The number of carboxylic acid groups (broad SMARTS) is 1. The second kappa shape index (κ2) is 8.47. The van der Waals surface area contributed by atoms with Crippen molar-refractivity contribution >= 4 is 55.9 Å². The molecule has 0 spiro atoms. The smallest absolute Gasteiger partial charge is 0.327 e. The summed E-state index contributed by atoms with van der Waals surface area (Å²) in [6, 6.07) is 5.95. The summed E-state index contributed by atoms with van der Waals surface area (Å²) in [7, 11) is 2.34. The van der Waals surface area contributed by atoms with Gasteiger partial charge >= 0.3 is 5.97 Å². The molecule has 0 aliphatic carbocycles. The van der Waals surface area contributed by atoms with Crippen molar-refractivity contribution in [2.75, 3.05) is 0 Å². The van der Waals surface area contributed by atoms with E-state index in [0.717, 1.165) is 10.8 Å². The number of carbonyl (C=O) groups excluding carboxylic acids is 1. The molecule has 1 atom stereocenters. The van der Waals surface area contributed by atoms with Gasteiger partial charge in [-0.15, -0.1) is 0 Å². The van der Waals surface area contributed by atoms with Crippen molar-refractivity contribution in [3.05, 3.63) is 29.3 Å². The zero-order valence-electron chi connectivity index (χ0n) is 12.9. The maximum absolute atomic E-state index is 11.3. The molecule has 4 N–H and O–H groups in total. The number of hydrogen-bond donors (Lipinski definition) is 3. The number of carbonyl (C=O) groups is 2. The highest BCUT2D eigenvalue weighted by atomic mass is 35.5. The van der Waals surface area contributed by atoms with E-state index in [2.05, 4.69) is 10.3 Å². The van der Waals surface area contributed by atoms with Crippen LogP contribution >= 0.6 is 33.2 Å². The Bertz CT molecular complexity index is 623. The lowest BCUT2D eigenvalue weighted by atomic mass is 10.0. The average Bonchev–Trinajstić information content (AvgIpc) is 2.44. The number of aliphatic imine (C=N–C) groups is 1. The fourth-order valence-electron chi connectivity index (χ4n) is 1.61. The van der Waals surface area contributed by atoms with Gasteiger partial charge in [0.2, 0.25) is 5.91 Å². The highest BCUT2D eigenvalue weighted by molar-refractivity contribution is 8.82. The lowest BCUT2D eigenvalue weighted by Gasteiger charge is -2.30. The first-order chi connectivity index (χ1) is 10.6. The van der Waals surface area contributed by atoms with Crippen molar-refractivity contribution in [3.8, 4) is 0 Å². The molecule has 1 rings (SSSR count). The van der Waals surface area contributed by atoms with Crippen LogP contribution in [0.2, 0.25) is 5.02 Å².